The van der Waals surface area contributed by atoms with Gasteiger partial charge in [-0.1, -0.05) is 13.8 Å². The number of carbonyl (C=O) groups excluding carboxylic acids is 1. The highest BCUT2D eigenvalue weighted by atomic mass is 32.1. The Morgan fingerprint density at radius 3 is 3.08 bits per heavy atom. The van der Waals surface area contributed by atoms with E-state index in [1.807, 2.05) is 23.2 Å². The molecule has 1 aliphatic rings. The van der Waals surface area contributed by atoms with Gasteiger partial charge in [-0.05, 0) is 24.5 Å². The number of hydrogen-bond donors (Lipinski definition) is 1. The first-order chi connectivity index (χ1) is 12.1. The Labute approximate surface area is 149 Å². The van der Waals surface area contributed by atoms with E-state index in [2.05, 4.69) is 34.2 Å². The average molecular weight is 356 g/mol. The molecule has 1 N–H and O–H groups in total. The molecule has 130 valence electrons. The molecule has 25 heavy (non-hydrogen) atoms. The molecule has 1 amide bonds. The van der Waals surface area contributed by atoms with Crippen LogP contribution in [0.3, 0.4) is 0 Å². The van der Waals surface area contributed by atoms with Crippen molar-refractivity contribution in [1.29, 1.82) is 0 Å². The Balaban J connectivity index is 1.44. The molecule has 0 spiro atoms. The maximum atomic E-state index is 12.8. The van der Waals surface area contributed by atoms with E-state index in [0.717, 1.165) is 29.3 Å². The maximum absolute atomic E-state index is 12.8. The van der Waals surface area contributed by atoms with Gasteiger partial charge in [0.25, 0.3) is 5.91 Å². The third-order valence-corrected chi connectivity index (χ3v) is 5.53. The second-order valence-corrected chi connectivity index (χ2v) is 7.44. The lowest BCUT2D eigenvalue weighted by Crippen LogP contribution is -2.32. The molecule has 0 radical (unpaired) electrons. The third-order valence-electron chi connectivity index (χ3n) is 4.40. The van der Waals surface area contributed by atoms with Crippen molar-refractivity contribution in [3.63, 3.8) is 0 Å². The van der Waals surface area contributed by atoms with Crippen LogP contribution in [-0.4, -0.2) is 49.5 Å². The lowest BCUT2D eigenvalue weighted by molar-refractivity contribution is 0.0785. The second kappa shape index (κ2) is 6.44. The van der Waals surface area contributed by atoms with E-state index in [-0.39, 0.29) is 11.9 Å². The van der Waals surface area contributed by atoms with Crippen LogP contribution in [0, 0.1) is 0 Å². The number of likely N-dealkylation sites (tertiary alicyclic amines) is 1. The molecule has 4 heterocycles. The zero-order valence-electron chi connectivity index (χ0n) is 14.2. The fourth-order valence-electron chi connectivity index (χ4n) is 3.14. The number of nitrogens with zero attached hydrogens (tertiary/aromatic N) is 5. The van der Waals surface area contributed by atoms with Gasteiger partial charge in [0.15, 0.2) is 5.65 Å². The smallest absolute Gasteiger partial charge is 0.273 e. The van der Waals surface area contributed by atoms with Gasteiger partial charge in [0, 0.05) is 36.4 Å². The number of imidazole rings is 1. The van der Waals surface area contributed by atoms with Crippen LogP contribution >= 0.6 is 11.3 Å². The molecule has 7 nitrogen and oxygen atoms in total. The fraction of sp³-hybridized carbons (Fsp3) is 0.412. The van der Waals surface area contributed by atoms with Gasteiger partial charge in [0.1, 0.15) is 11.5 Å². The van der Waals surface area contributed by atoms with Gasteiger partial charge in [0.05, 0.1) is 5.51 Å². The van der Waals surface area contributed by atoms with Gasteiger partial charge in [-0.25, -0.2) is 14.5 Å². The molecule has 3 aromatic heterocycles. The molecule has 0 aromatic carbocycles. The summed E-state index contributed by atoms with van der Waals surface area (Å²) in [6.07, 6.45) is 4.44. The van der Waals surface area contributed by atoms with Crippen LogP contribution in [0.2, 0.25) is 0 Å². The Hall–Kier alpha value is -2.48. The molecule has 1 atom stereocenters. The molecule has 8 heteroatoms. The van der Waals surface area contributed by atoms with Gasteiger partial charge in [-0.2, -0.15) is 0 Å². The highest BCUT2D eigenvalue weighted by Gasteiger charge is 2.30. The van der Waals surface area contributed by atoms with E-state index in [1.165, 1.54) is 0 Å². The van der Waals surface area contributed by atoms with Crippen molar-refractivity contribution in [3.8, 4) is 0 Å². The molecule has 0 aliphatic carbocycles. The van der Waals surface area contributed by atoms with Crippen LogP contribution in [0.1, 0.15) is 41.6 Å². The molecule has 3 aromatic rings. The van der Waals surface area contributed by atoms with Crippen LogP contribution in [-0.2, 0) is 0 Å². The van der Waals surface area contributed by atoms with Crippen molar-refractivity contribution >= 4 is 28.7 Å². The first-order valence-electron chi connectivity index (χ1n) is 8.41. The van der Waals surface area contributed by atoms with E-state index in [0.29, 0.717) is 18.2 Å². The van der Waals surface area contributed by atoms with E-state index in [4.69, 9.17) is 0 Å². The van der Waals surface area contributed by atoms with E-state index in [1.54, 1.807) is 27.6 Å². The monoisotopic (exact) mass is 356 g/mol. The lowest BCUT2D eigenvalue weighted by atomic mass is 10.1. The Kier molecular flexibility index (Phi) is 4.12. The van der Waals surface area contributed by atoms with Crippen molar-refractivity contribution in [1.82, 2.24) is 24.5 Å². The molecule has 0 saturated carbocycles. The van der Waals surface area contributed by atoms with Crippen molar-refractivity contribution < 1.29 is 4.79 Å². The van der Waals surface area contributed by atoms with Crippen molar-refractivity contribution in [2.24, 2.45) is 0 Å². The molecule has 1 aliphatic heterocycles. The van der Waals surface area contributed by atoms with Crippen molar-refractivity contribution in [3.05, 3.63) is 40.6 Å². The summed E-state index contributed by atoms with van der Waals surface area (Å²) >= 11 is 1.56. The number of aromatic nitrogens is 4. The molecule has 1 fully saturated rings. The summed E-state index contributed by atoms with van der Waals surface area (Å²) in [5.74, 6) is 1.14. The minimum absolute atomic E-state index is 0.0345. The number of carbonyl (C=O) groups is 1. The quantitative estimate of drug-likeness (QED) is 0.778. The summed E-state index contributed by atoms with van der Waals surface area (Å²) < 4.78 is 1.74. The zero-order valence-corrected chi connectivity index (χ0v) is 15.0. The highest BCUT2D eigenvalue weighted by Crippen LogP contribution is 2.26. The number of hydrogen-bond acceptors (Lipinski definition) is 6. The number of anilines is 1. The minimum atomic E-state index is 0.0345. The summed E-state index contributed by atoms with van der Waals surface area (Å²) in [5.41, 5.74) is 3.19. The van der Waals surface area contributed by atoms with Gasteiger partial charge >= 0.3 is 0 Å². The molecule has 4 rings (SSSR count). The topological polar surface area (TPSA) is 75.4 Å². The molecule has 1 saturated heterocycles. The summed E-state index contributed by atoms with van der Waals surface area (Å²) in [4.78, 5) is 24.2. The number of fused-ring (bicyclic) bond motifs is 1. The van der Waals surface area contributed by atoms with Gasteiger partial charge < -0.3 is 10.2 Å². The SMILES string of the molecule is CC(C)c1scnc1C(=O)N1CCC(Nc2ccc3nccn3n2)C1. The fourth-order valence-corrected chi connectivity index (χ4v) is 3.93. The van der Waals surface area contributed by atoms with Crippen LogP contribution < -0.4 is 5.32 Å². The lowest BCUT2D eigenvalue weighted by Gasteiger charge is -2.17. The number of rotatable bonds is 4. The highest BCUT2D eigenvalue weighted by molar-refractivity contribution is 7.10. The van der Waals surface area contributed by atoms with Crippen LogP contribution in [0.5, 0.6) is 0 Å². The first kappa shape index (κ1) is 16.0. The Morgan fingerprint density at radius 1 is 1.36 bits per heavy atom. The number of amides is 1. The van der Waals surface area contributed by atoms with Crippen LogP contribution in [0.15, 0.2) is 30.0 Å². The Bertz CT molecular complexity index is 901. The predicted octanol–water partition coefficient (Wildman–Crippen LogP) is 2.64. The summed E-state index contributed by atoms with van der Waals surface area (Å²) in [5, 5.41) is 7.90. The molecule has 1 unspecified atom stereocenters. The van der Waals surface area contributed by atoms with E-state index in [9.17, 15) is 4.79 Å². The van der Waals surface area contributed by atoms with Crippen LogP contribution in [0.25, 0.3) is 5.65 Å². The summed E-state index contributed by atoms with van der Waals surface area (Å²) in [6.45, 7) is 5.59. The number of thiazole rings is 1. The zero-order chi connectivity index (χ0) is 17.4. The number of nitrogens with one attached hydrogen (secondary N) is 1. The minimum Gasteiger partial charge on any atom is -0.364 e. The summed E-state index contributed by atoms with van der Waals surface area (Å²) in [6, 6.07) is 4.04. The second-order valence-electron chi connectivity index (χ2n) is 6.55. The first-order valence-corrected chi connectivity index (χ1v) is 9.29. The van der Waals surface area contributed by atoms with Crippen molar-refractivity contribution in [2.45, 2.75) is 32.2 Å². The van der Waals surface area contributed by atoms with Gasteiger partial charge in [-0.15, -0.1) is 16.4 Å². The predicted molar refractivity (Wildman–Crippen MR) is 97.1 cm³/mol. The van der Waals surface area contributed by atoms with Crippen molar-refractivity contribution in [2.75, 3.05) is 18.4 Å². The normalized spacial score (nSPS) is 17.6. The molecule has 0 bridgehead atoms. The summed E-state index contributed by atoms with van der Waals surface area (Å²) in [7, 11) is 0. The average Bonchev–Trinajstić information content (AvgIpc) is 3.34. The van der Waals surface area contributed by atoms with E-state index >= 15 is 0 Å². The van der Waals surface area contributed by atoms with Gasteiger partial charge in [-0.3, -0.25) is 4.79 Å². The maximum Gasteiger partial charge on any atom is 0.273 e. The molecular formula is C17H20N6OS. The van der Waals surface area contributed by atoms with E-state index < -0.39 is 0 Å². The van der Waals surface area contributed by atoms with Gasteiger partial charge in [0.2, 0.25) is 0 Å². The Morgan fingerprint density at radius 2 is 2.24 bits per heavy atom. The third kappa shape index (κ3) is 3.09. The van der Waals surface area contributed by atoms with Crippen LogP contribution in [0.4, 0.5) is 5.82 Å². The molecular weight excluding hydrogens is 336 g/mol. The largest absolute Gasteiger partial charge is 0.364 e. The standard InChI is InChI=1S/C17H20N6OS/c1-11(2)16-15(19-10-25-16)17(24)22-7-5-12(9-22)20-13-3-4-14-18-6-8-23(14)21-13/h3-4,6,8,10-12H,5,7,9H2,1-2H3,(H,20,21).